The van der Waals surface area contributed by atoms with Gasteiger partial charge in [0.25, 0.3) is 5.91 Å². The lowest BCUT2D eigenvalue weighted by molar-refractivity contribution is 0.0956. The Bertz CT molecular complexity index is 748. The summed E-state index contributed by atoms with van der Waals surface area (Å²) in [5, 5.41) is 10.1. The van der Waals surface area contributed by atoms with E-state index in [0.717, 1.165) is 28.8 Å². The molecule has 0 heterocycles. The number of thioether (sulfide) groups is 1. The number of aliphatic imine (C=N–C) groups is 1. The van der Waals surface area contributed by atoms with Gasteiger partial charge in [-0.25, -0.2) is 0 Å². The molecule has 0 spiro atoms. The van der Waals surface area contributed by atoms with Crippen LogP contribution in [0.1, 0.15) is 22.8 Å². The Balaban J connectivity index is 1.72. The first-order chi connectivity index (χ1) is 13.1. The van der Waals surface area contributed by atoms with E-state index >= 15 is 0 Å². The SMILES string of the molecule is CCNC(=O)c1ccc(CNC(=NC)NCCSc2ccc(Cl)cc2)cc1. The molecule has 2 rings (SSSR count). The van der Waals surface area contributed by atoms with E-state index in [2.05, 4.69) is 20.9 Å². The quantitative estimate of drug-likeness (QED) is 0.272. The van der Waals surface area contributed by atoms with Gasteiger partial charge in [-0.05, 0) is 48.9 Å². The number of carbonyl (C=O) groups is 1. The van der Waals surface area contributed by atoms with Gasteiger partial charge in [0.1, 0.15) is 0 Å². The lowest BCUT2D eigenvalue weighted by Gasteiger charge is -2.12. The number of rotatable bonds is 8. The number of guanidine groups is 1. The molecule has 0 saturated heterocycles. The van der Waals surface area contributed by atoms with E-state index in [9.17, 15) is 4.79 Å². The van der Waals surface area contributed by atoms with E-state index in [1.165, 1.54) is 4.90 Å². The number of hydrogen-bond donors (Lipinski definition) is 3. The summed E-state index contributed by atoms with van der Waals surface area (Å²) < 4.78 is 0. The minimum absolute atomic E-state index is 0.0485. The molecule has 0 aliphatic heterocycles. The van der Waals surface area contributed by atoms with Gasteiger partial charge in [-0.15, -0.1) is 11.8 Å². The van der Waals surface area contributed by atoms with Crippen LogP contribution in [-0.2, 0) is 6.54 Å². The molecule has 3 N–H and O–H groups in total. The molecular weight excluding hydrogens is 380 g/mol. The standard InChI is InChI=1S/C20H25ClN4OS/c1-3-23-19(26)16-6-4-15(5-7-16)14-25-20(22-2)24-12-13-27-18-10-8-17(21)9-11-18/h4-11H,3,12-14H2,1-2H3,(H,23,26)(H2,22,24,25). The summed E-state index contributed by atoms with van der Waals surface area (Å²) in [7, 11) is 1.75. The summed E-state index contributed by atoms with van der Waals surface area (Å²) in [5.41, 5.74) is 1.75. The molecule has 0 saturated carbocycles. The van der Waals surface area contributed by atoms with Gasteiger partial charge in [-0.1, -0.05) is 23.7 Å². The largest absolute Gasteiger partial charge is 0.356 e. The molecule has 5 nitrogen and oxygen atoms in total. The smallest absolute Gasteiger partial charge is 0.251 e. The van der Waals surface area contributed by atoms with E-state index in [-0.39, 0.29) is 5.91 Å². The highest BCUT2D eigenvalue weighted by Gasteiger charge is 2.04. The Hall–Kier alpha value is -2.18. The first-order valence-electron chi connectivity index (χ1n) is 8.82. The molecule has 0 radical (unpaired) electrons. The highest BCUT2D eigenvalue weighted by atomic mass is 35.5. The van der Waals surface area contributed by atoms with Crippen LogP contribution in [0.3, 0.4) is 0 Å². The third-order valence-electron chi connectivity index (χ3n) is 3.71. The van der Waals surface area contributed by atoms with Crippen LogP contribution < -0.4 is 16.0 Å². The molecule has 1 amide bonds. The molecule has 0 aliphatic carbocycles. The maximum atomic E-state index is 11.8. The molecule has 0 aliphatic rings. The molecule has 2 aromatic carbocycles. The molecule has 0 atom stereocenters. The highest BCUT2D eigenvalue weighted by Crippen LogP contribution is 2.19. The summed E-state index contributed by atoms with van der Waals surface area (Å²) in [6.07, 6.45) is 0. The Labute approximate surface area is 170 Å². The highest BCUT2D eigenvalue weighted by molar-refractivity contribution is 7.99. The van der Waals surface area contributed by atoms with Crippen molar-refractivity contribution in [2.45, 2.75) is 18.4 Å². The average molecular weight is 405 g/mol. The number of hydrogen-bond acceptors (Lipinski definition) is 3. The Kier molecular flexibility index (Phi) is 9.01. The minimum atomic E-state index is -0.0485. The summed E-state index contributed by atoms with van der Waals surface area (Å²) >= 11 is 7.65. The van der Waals surface area contributed by atoms with Crippen molar-refractivity contribution in [3.8, 4) is 0 Å². The van der Waals surface area contributed by atoms with Gasteiger partial charge in [0.2, 0.25) is 0 Å². The van der Waals surface area contributed by atoms with Gasteiger partial charge in [0, 0.05) is 47.9 Å². The first kappa shape index (κ1) is 21.1. The number of nitrogens with zero attached hydrogens (tertiary/aromatic N) is 1. The van der Waals surface area contributed by atoms with Crippen molar-refractivity contribution in [2.24, 2.45) is 4.99 Å². The van der Waals surface area contributed by atoms with Crippen molar-refractivity contribution in [3.63, 3.8) is 0 Å². The maximum absolute atomic E-state index is 11.8. The van der Waals surface area contributed by atoms with Crippen LogP contribution in [0.4, 0.5) is 0 Å². The van der Waals surface area contributed by atoms with Crippen molar-refractivity contribution < 1.29 is 4.79 Å². The molecular formula is C20H25ClN4OS. The van der Waals surface area contributed by atoms with Gasteiger partial charge in [0.05, 0.1) is 0 Å². The third-order valence-corrected chi connectivity index (χ3v) is 4.98. The van der Waals surface area contributed by atoms with Gasteiger partial charge < -0.3 is 16.0 Å². The fourth-order valence-electron chi connectivity index (χ4n) is 2.31. The Morgan fingerprint density at radius 3 is 2.37 bits per heavy atom. The summed E-state index contributed by atoms with van der Waals surface area (Å²) in [5.74, 6) is 1.62. The topological polar surface area (TPSA) is 65.5 Å². The molecule has 0 aromatic heterocycles. The Morgan fingerprint density at radius 2 is 1.74 bits per heavy atom. The van der Waals surface area contributed by atoms with E-state index in [0.29, 0.717) is 18.7 Å². The second-order valence-corrected chi connectivity index (χ2v) is 7.32. The second kappa shape index (κ2) is 11.5. The van der Waals surface area contributed by atoms with Crippen LogP contribution in [0.5, 0.6) is 0 Å². The second-order valence-electron chi connectivity index (χ2n) is 5.71. The first-order valence-corrected chi connectivity index (χ1v) is 10.2. The molecule has 27 heavy (non-hydrogen) atoms. The van der Waals surface area contributed by atoms with Crippen molar-refractivity contribution in [1.29, 1.82) is 0 Å². The van der Waals surface area contributed by atoms with Crippen molar-refractivity contribution >= 4 is 35.2 Å². The third kappa shape index (κ3) is 7.53. The van der Waals surface area contributed by atoms with Crippen LogP contribution in [-0.4, -0.2) is 37.8 Å². The number of halogens is 1. The van der Waals surface area contributed by atoms with Gasteiger partial charge >= 0.3 is 0 Å². The average Bonchev–Trinajstić information content (AvgIpc) is 2.69. The van der Waals surface area contributed by atoms with Gasteiger partial charge in [-0.2, -0.15) is 0 Å². The van der Waals surface area contributed by atoms with E-state index in [1.54, 1.807) is 18.8 Å². The molecule has 2 aromatic rings. The zero-order chi connectivity index (χ0) is 19.5. The molecule has 0 fully saturated rings. The lowest BCUT2D eigenvalue weighted by atomic mass is 10.1. The van der Waals surface area contributed by atoms with Crippen LogP contribution in [0.2, 0.25) is 5.02 Å². The fraction of sp³-hybridized carbons (Fsp3) is 0.300. The maximum Gasteiger partial charge on any atom is 0.251 e. The number of benzene rings is 2. The lowest BCUT2D eigenvalue weighted by Crippen LogP contribution is -2.37. The Morgan fingerprint density at radius 1 is 1.04 bits per heavy atom. The van der Waals surface area contributed by atoms with Crippen LogP contribution in [0.25, 0.3) is 0 Å². The molecule has 7 heteroatoms. The zero-order valence-corrected chi connectivity index (χ0v) is 17.2. The van der Waals surface area contributed by atoms with Crippen molar-refractivity contribution in [1.82, 2.24) is 16.0 Å². The monoisotopic (exact) mass is 404 g/mol. The van der Waals surface area contributed by atoms with E-state index < -0.39 is 0 Å². The van der Waals surface area contributed by atoms with Crippen LogP contribution >= 0.6 is 23.4 Å². The molecule has 0 bridgehead atoms. The summed E-state index contributed by atoms with van der Waals surface area (Å²) in [6, 6.07) is 15.4. The summed E-state index contributed by atoms with van der Waals surface area (Å²) in [4.78, 5) is 17.2. The van der Waals surface area contributed by atoms with E-state index in [4.69, 9.17) is 11.6 Å². The zero-order valence-electron chi connectivity index (χ0n) is 15.6. The van der Waals surface area contributed by atoms with Crippen molar-refractivity contribution in [2.75, 3.05) is 25.9 Å². The number of carbonyl (C=O) groups excluding carboxylic acids is 1. The fourth-order valence-corrected chi connectivity index (χ4v) is 3.21. The molecule has 144 valence electrons. The number of amides is 1. The number of nitrogens with one attached hydrogen (secondary N) is 3. The van der Waals surface area contributed by atoms with Gasteiger partial charge in [0.15, 0.2) is 5.96 Å². The van der Waals surface area contributed by atoms with Crippen LogP contribution in [0.15, 0.2) is 58.4 Å². The predicted octanol–water partition coefficient (Wildman–Crippen LogP) is 3.55. The van der Waals surface area contributed by atoms with Crippen LogP contribution in [0, 0.1) is 0 Å². The van der Waals surface area contributed by atoms with Gasteiger partial charge in [-0.3, -0.25) is 9.79 Å². The normalized spacial score (nSPS) is 11.1. The van der Waals surface area contributed by atoms with E-state index in [1.807, 2.05) is 55.5 Å². The molecule has 0 unspecified atom stereocenters. The summed E-state index contributed by atoms with van der Waals surface area (Å²) in [6.45, 7) is 3.96. The predicted molar refractivity (Wildman–Crippen MR) is 115 cm³/mol. The van der Waals surface area contributed by atoms with Crippen molar-refractivity contribution in [3.05, 3.63) is 64.7 Å². The minimum Gasteiger partial charge on any atom is -0.356 e.